The predicted molar refractivity (Wildman–Crippen MR) is 103 cm³/mol. The van der Waals surface area contributed by atoms with E-state index in [-0.39, 0.29) is 23.9 Å². The summed E-state index contributed by atoms with van der Waals surface area (Å²) < 4.78 is 19.7. The molecule has 1 N–H and O–H groups in total. The van der Waals surface area contributed by atoms with Gasteiger partial charge in [-0.3, -0.25) is 4.79 Å². The van der Waals surface area contributed by atoms with Crippen molar-refractivity contribution in [3.05, 3.63) is 60.3 Å². The fourth-order valence-electron chi connectivity index (χ4n) is 2.15. The van der Waals surface area contributed by atoms with Crippen LogP contribution in [0.25, 0.3) is 0 Å². The molecule has 1 heterocycles. The number of hydrogen-bond acceptors (Lipinski definition) is 8. The van der Waals surface area contributed by atoms with Crippen molar-refractivity contribution in [1.29, 1.82) is 0 Å². The third kappa shape index (κ3) is 5.27. The van der Waals surface area contributed by atoms with E-state index in [0.29, 0.717) is 11.5 Å². The third-order valence-corrected chi connectivity index (χ3v) is 4.02. The fraction of sp³-hybridized carbons (Fsp3) is 0.158. The number of rotatable bonds is 8. The normalized spacial score (nSPS) is 10.2. The molecule has 8 nitrogen and oxygen atoms in total. The first-order valence-corrected chi connectivity index (χ1v) is 9.18. The van der Waals surface area contributed by atoms with Gasteiger partial charge in [-0.1, -0.05) is 22.7 Å². The Hall–Kier alpha value is -3.46. The maximum atomic E-state index is 12.1. The Morgan fingerprint density at radius 3 is 2.39 bits per heavy atom. The van der Waals surface area contributed by atoms with Crippen LogP contribution in [0.2, 0.25) is 0 Å². The van der Waals surface area contributed by atoms with Crippen molar-refractivity contribution in [3.63, 3.8) is 0 Å². The average Bonchev–Trinajstić information content (AvgIpc) is 3.17. The summed E-state index contributed by atoms with van der Waals surface area (Å²) in [4.78, 5) is 23.8. The standard InChI is InChI=1S/C19H17N3O5S/c1-2-25-19(24)17-18(28-22-21-17)20-16(23)12-26-13-8-10-15(11-9-13)27-14-6-4-3-5-7-14/h3-11H,2,12H2,1H3,(H,20,23). The molecule has 0 atom stereocenters. The number of nitrogens with zero attached hydrogens (tertiary/aromatic N) is 2. The second kappa shape index (κ2) is 9.47. The summed E-state index contributed by atoms with van der Waals surface area (Å²) in [6.07, 6.45) is 0. The highest BCUT2D eigenvalue weighted by atomic mass is 32.1. The Kier molecular flexibility index (Phi) is 6.53. The van der Waals surface area contributed by atoms with Gasteiger partial charge in [-0.25, -0.2) is 4.79 Å². The molecular weight excluding hydrogens is 382 g/mol. The molecule has 0 aliphatic heterocycles. The number of carbonyl (C=O) groups is 2. The van der Waals surface area contributed by atoms with Crippen LogP contribution in [0.4, 0.5) is 5.00 Å². The Morgan fingerprint density at radius 2 is 1.68 bits per heavy atom. The van der Waals surface area contributed by atoms with Gasteiger partial charge < -0.3 is 19.5 Å². The summed E-state index contributed by atoms with van der Waals surface area (Å²) in [5.74, 6) is 0.801. The van der Waals surface area contributed by atoms with Gasteiger partial charge in [0.2, 0.25) is 5.69 Å². The lowest BCUT2D eigenvalue weighted by atomic mass is 10.3. The Labute approximate surface area is 165 Å². The summed E-state index contributed by atoms with van der Waals surface area (Å²) in [6, 6.07) is 16.3. The quantitative estimate of drug-likeness (QED) is 0.579. The molecule has 1 aromatic heterocycles. The van der Waals surface area contributed by atoms with E-state index in [9.17, 15) is 9.59 Å². The summed E-state index contributed by atoms with van der Waals surface area (Å²) in [5.41, 5.74) is -0.0254. The molecule has 2 aromatic carbocycles. The first kappa shape index (κ1) is 19.3. The molecule has 144 valence electrons. The summed E-state index contributed by atoms with van der Waals surface area (Å²) in [6.45, 7) is 1.65. The second-order valence-corrected chi connectivity index (χ2v) is 6.15. The maximum absolute atomic E-state index is 12.1. The number of para-hydroxylation sites is 1. The molecule has 1 amide bonds. The van der Waals surface area contributed by atoms with Gasteiger partial charge in [0.1, 0.15) is 17.2 Å². The number of aromatic nitrogens is 2. The van der Waals surface area contributed by atoms with Crippen molar-refractivity contribution < 1.29 is 23.8 Å². The molecule has 28 heavy (non-hydrogen) atoms. The molecule has 9 heteroatoms. The number of carbonyl (C=O) groups excluding carboxylic acids is 2. The Morgan fingerprint density at radius 1 is 1.00 bits per heavy atom. The van der Waals surface area contributed by atoms with Crippen molar-refractivity contribution in [2.24, 2.45) is 0 Å². The zero-order valence-corrected chi connectivity index (χ0v) is 15.8. The molecule has 0 saturated carbocycles. The van der Waals surface area contributed by atoms with Gasteiger partial charge in [0.25, 0.3) is 5.91 Å². The van der Waals surface area contributed by atoms with Crippen LogP contribution < -0.4 is 14.8 Å². The zero-order chi connectivity index (χ0) is 19.8. The molecule has 3 rings (SSSR count). The van der Waals surface area contributed by atoms with Crippen LogP contribution in [-0.2, 0) is 9.53 Å². The topological polar surface area (TPSA) is 99.6 Å². The van der Waals surface area contributed by atoms with Crippen molar-refractivity contribution in [3.8, 4) is 17.2 Å². The van der Waals surface area contributed by atoms with E-state index in [4.69, 9.17) is 14.2 Å². The molecule has 3 aromatic rings. The SMILES string of the molecule is CCOC(=O)c1nnsc1NC(=O)COc1ccc(Oc2ccccc2)cc1. The van der Waals surface area contributed by atoms with Crippen LogP contribution in [-0.4, -0.2) is 34.7 Å². The fourth-order valence-corrected chi connectivity index (χ4v) is 2.72. The summed E-state index contributed by atoms with van der Waals surface area (Å²) in [5, 5.41) is 6.44. The van der Waals surface area contributed by atoms with Gasteiger partial charge in [0.05, 0.1) is 6.61 Å². The number of hydrogen-bond donors (Lipinski definition) is 1. The first-order chi connectivity index (χ1) is 13.7. The number of ether oxygens (including phenoxy) is 3. The van der Waals surface area contributed by atoms with E-state index in [1.807, 2.05) is 30.3 Å². The van der Waals surface area contributed by atoms with E-state index in [1.165, 1.54) is 0 Å². The van der Waals surface area contributed by atoms with Gasteiger partial charge in [-0.2, -0.15) is 0 Å². The number of amides is 1. The lowest BCUT2D eigenvalue weighted by Crippen LogP contribution is -2.21. The Balaban J connectivity index is 1.51. The minimum atomic E-state index is -0.638. The minimum absolute atomic E-state index is 0.0254. The van der Waals surface area contributed by atoms with E-state index in [1.54, 1.807) is 31.2 Å². The molecule has 0 unspecified atom stereocenters. The molecule has 0 bridgehead atoms. The average molecular weight is 399 g/mol. The first-order valence-electron chi connectivity index (χ1n) is 8.41. The lowest BCUT2D eigenvalue weighted by molar-refractivity contribution is -0.118. The number of esters is 1. The number of benzene rings is 2. The number of nitrogens with one attached hydrogen (secondary N) is 1. The van der Waals surface area contributed by atoms with Crippen LogP contribution >= 0.6 is 11.5 Å². The van der Waals surface area contributed by atoms with Crippen molar-refractivity contribution in [2.75, 3.05) is 18.5 Å². The Bertz CT molecular complexity index is 928. The third-order valence-electron chi connectivity index (χ3n) is 3.38. The highest BCUT2D eigenvalue weighted by Crippen LogP contribution is 2.23. The minimum Gasteiger partial charge on any atom is -0.484 e. The molecule has 0 aliphatic rings. The predicted octanol–water partition coefficient (Wildman–Crippen LogP) is 3.52. The smallest absolute Gasteiger partial charge is 0.362 e. The molecule has 0 radical (unpaired) electrons. The van der Waals surface area contributed by atoms with E-state index in [0.717, 1.165) is 17.3 Å². The molecule has 0 fully saturated rings. The van der Waals surface area contributed by atoms with Gasteiger partial charge >= 0.3 is 5.97 Å². The summed E-state index contributed by atoms with van der Waals surface area (Å²) >= 11 is 0.891. The van der Waals surface area contributed by atoms with Crippen LogP contribution in [0.1, 0.15) is 17.4 Å². The molecule has 0 aliphatic carbocycles. The van der Waals surface area contributed by atoms with Gasteiger partial charge in [-0.15, -0.1) is 5.10 Å². The van der Waals surface area contributed by atoms with E-state index < -0.39 is 11.9 Å². The van der Waals surface area contributed by atoms with Gasteiger partial charge in [-0.05, 0) is 43.3 Å². The summed E-state index contributed by atoms with van der Waals surface area (Å²) in [7, 11) is 0. The second-order valence-electron chi connectivity index (χ2n) is 5.39. The highest BCUT2D eigenvalue weighted by Gasteiger charge is 2.19. The van der Waals surface area contributed by atoms with Crippen molar-refractivity contribution in [2.45, 2.75) is 6.92 Å². The van der Waals surface area contributed by atoms with E-state index >= 15 is 0 Å². The van der Waals surface area contributed by atoms with Crippen LogP contribution in [0, 0.1) is 0 Å². The maximum Gasteiger partial charge on any atom is 0.362 e. The van der Waals surface area contributed by atoms with Crippen molar-refractivity contribution in [1.82, 2.24) is 9.59 Å². The monoisotopic (exact) mass is 399 g/mol. The molecule has 0 saturated heterocycles. The van der Waals surface area contributed by atoms with Crippen LogP contribution in [0.15, 0.2) is 54.6 Å². The van der Waals surface area contributed by atoms with E-state index in [2.05, 4.69) is 14.9 Å². The van der Waals surface area contributed by atoms with Crippen LogP contribution in [0.5, 0.6) is 17.2 Å². The van der Waals surface area contributed by atoms with Gasteiger partial charge in [0.15, 0.2) is 11.6 Å². The molecular formula is C19H17N3O5S. The highest BCUT2D eigenvalue weighted by molar-refractivity contribution is 7.10. The lowest BCUT2D eigenvalue weighted by Gasteiger charge is -2.08. The molecule has 0 spiro atoms. The van der Waals surface area contributed by atoms with Crippen molar-refractivity contribution >= 4 is 28.4 Å². The van der Waals surface area contributed by atoms with Gasteiger partial charge in [0, 0.05) is 11.5 Å². The largest absolute Gasteiger partial charge is 0.484 e. The van der Waals surface area contributed by atoms with Crippen LogP contribution in [0.3, 0.4) is 0 Å². The number of anilines is 1. The zero-order valence-electron chi connectivity index (χ0n) is 15.0.